The Bertz CT molecular complexity index is 2400. The smallest absolute Gasteiger partial charge is 0.260 e. The van der Waals surface area contributed by atoms with Crippen molar-refractivity contribution in [2.24, 2.45) is 17.3 Å². The number of amides is 3. The number of hydrogen-bond donors (Lipinski definition) is 3. The van der Waals surface area contributed by atoms with Gasteiger partial charge in [-0.1, -0.05) is 39.8 Å². The van der Waals surface area contributed by atoms with Crippen LogP contribution in [0.4, 0.5) is 4.79 Å². The number of nitrogens with zero attached hydrogens (tertiary/aromatic N) is 4. The molecule has 0 spiro atoms. The molecule has 15 heteroatoms. The Morgan fingerprint density at radius 2 is 1.89 bits per heavy atom. The lowest BCUT2D eigenvalue weighted by molar-refractivity contribution is -0.159. The van der Waals surface area contributed by atoms with Crippen LogP contribution in [0.2, 0.25) is 0 Å². The quantitative estimate of drug-likeness (QED) is 0.106. The summed E-state index contributed by atoms with van der Waals surface area (Å²) in [4.78, 5) is 61.2. The Kier molecular flexibility index (Phi) is 14.6. The van der Waals surface area contributed by atoms with Gasteiger partial charge in [0.05, 0.1) is 30.7 Å². The van der Waals surface area contributed by atoms with E-state index in [1.165, 1.54) is 4.90 Å². The number of likely N-dealkylation sites (N-methyl/N-ethyl adjacent to an activating group) is 1. The van der Waals surface area contributed by atoms with Gasteiger partial charge in [-0.05, 0) is 123 Å². The number of hydrazine groups is 1. The maximum absolute atomic E-state index is 14.4. The van der Waals surface area contributed by atoms with Gasteiger partial charge < -0.3 is 34.1 Å². The molecular formula is C50H68N6O8Si. The average molecular weight is 909 g/mol. The molecule has 2 aromatic carbocycles. The average Bonchev–Trinajstić information content (AvgIpc) is 4.00. The predicted octanol–water partition coefficient (Wildman–Crippen LogP) is 6.08. The summed E-state index contributed by atoms with van der Waals surface area (Å²) in [5.74, 6) is -0.757. The normalized spacial score (nSPS) is 20.0. The third kappa shape index (κ3) is 10.2. The number of phenolic OH excluding ortho intramolecular Hbond substituents is 1. The second-order valence-corrected chi connectivity index (χ2v) is 20.3. The minimum atomic E-state index is -0.996. The molecule has 2 aliphatic heterocycles. The van der Waals surface area contributed by atoms with Crippen molar-refractivity contribution >= 4 is 44.5 Å². The molecule has 3 amide bonds. The standard InChI is InChI=1S/C50H68N6O8Si/c1-9-55-41-15-14-34(25-38(41)39(27-49(5,6)29-63-48(61)65)44(55)37-13-12-18-51-42(37)31(4)62-8)35-21-33(22-36(57)24-35)23-40(46(59)56-20-11-10-19-52-56)53-45(58)43(30(2)3)54(7)47(60)50-17-16-32(26-50)28-64-50/h12-15,18,21-22,24-25,30-32,40,43,52,57H,9-11,16-17,19-20,23,26-29H2,1-8,65H3,(H,53,58)/t31-,32?,40-,43-,50?/m0/s1. The van der Waals surface area contributed by atoms with Crippen LogP contribution in [0.25, 0.3) is 33.3 Å². The molecule has 1 aliphatic carbocycles. The van der Waals surface area contributed by atoms with Crippen LogP contribution in [0.3, 0.4) is 0 Å². The molecule has 0 radical (unpaired) electrons. The van der Waals surface area contributed by atoms with Crippen LogP contribution in [0.1, 0.15) is 96.6 Å². The van der Waals surface area contributed by atoms with Crippen molar-refractivity contribution in [2.75, 3.05) is 40.5 Å². The van der Waals surface area contributed by atoms with Gasteiger partial charge in [-0.15, -0.1) is 0 Å². The lowest BCUT2D eigenvalue weighted by Gasteiger charge is -2.37. The highest BCUT2D eigenvalue weighted by Gasteiger charge is 2.54. The number of methoxy groups -OCH3 is 1. The molecule has 3 aliphatic rings. The number of benzene rings is 2. The summed E-state index contributed by atoms with van der Waals surface area (Å²) in [6.45, 7) is 14.8. The Hall–Kier alpha value is -5.09. The van der Waals surface area contributed by atoms with E-state index in [1.807, 2.05) is 39.0 Å². The Morgan fingerprint density at radius 1 is 1.11 bits per heavy atom. The van der Waals surface area contributed by atoms with Crippen LogP contribution in [-0.4, -0.2) is 116 Å². The Labute approximate surface area is 386 Å². The van der Waals surface area contributed by atoms with Crippen molar-refractivity contribution < 1.29 is 38.5 Å². The van der Waals surface area contributed by atoms with Crippen LogP contribution in [-0.2, 0) is 48.0 Å². The zero-order valence-electron chi connectivity index (χ0n) is 39.7. The van der Waals surface area contributed by atoms with Crippen LogP contribution in [0, 0.1) is 17.3 Å². The van der Waals surface area contributed by atoms with Gasteiger partial charge in [0.15, 0.2) is 0 Å². The largest absolute Gasteiger partial charge is 0.508 e. The van der Waals surface area contributed by atoms with Crippen molar-refractivity contribution in [3.63, 3.8) is 0 Å². The number of fused-ring (bicyclic) bond motifs is 3. The molecule has 2 bridgehead atoms. The fourth-order valence-electron chi connectivity index (χ4n) is 10.3. The van der Waals surface area contributed by atoms with E-state index in [-0.39, 0.29) is 48.2 Å². The second kappa shape index (κ2) is 19.8. The number of carbonyl (C=O) groups excluding carboxylic acids is 4. The number of aromatic nitrogens is 2. The number of aryl methyl sites for hydroxylation is 1. The fraction of sp³-hybridized carbons (Fsp3) is 0.540. The Morgan fingerprint density at radius 3 is 2.52 bits per heavy atom. The van der Waals surface area contributed by atoms with E-state index in [0.717, 1.165) is 63.8 Å². The number of ether oxygens (including phenoxy) is 3. The number of hydrogen-bond acceptors (Lipinski definition) is 10. The zero-order chi connectivity index (χ0) is 46.8. The number of pyridine rings is 1. The summed E-state index contributed by atoms with van der Waals surface area (Å²) in [6, 6.07) is 13.8. The van der Waals surface area contributed by atoms with Gasteiger partial charge in [0.2, 0.25) is 5.91 Å². The molecular weight excluding hydrogens is 841 g/mol. The molecule has 4 heterocycles. The van der Waals surface area contributed by atoms with Crippen molar-refractivity contribution in [1.82, 2.24) is 30.2 Å². The highest BCUT2D eigenvalue weighted by atomic mass is 28.1. The first-order valence-corrected chi connectivity index (χ1v) is 24.3. The maximum Gasteiger partial charge on any atom is 0.260 e. The van der Waals surface area contributed by atoms with E-state index in [0.29, 0.717) is 67.2 Å². The molecule has 2 saturated heterocycles. The van der Waals surface area contributed by atoms with Gasteiger partial charge in [0.25, 0.3) is 17.4 Å². The van der Waals surface area contributed by atoms with Crippen molar-refractivity contribution in [3.8, 4) is 28.1 Å². The van der Waals surface area contributed by atoms with E-state index >= 15 is 0 Å². The van der Waals surface area contributed by atoms with E-state index in [9.17, 15) is 24.3 Å². The SMILES string of the molecule is CCn1c(-c2cccnc2[C@H](C)OC)c(CC(C)(C)COC(=O)[SiH3])c2cc(-c3cc(O)cc(C[C@H](NC(=O)[C@H](C(C)C)N(C)C(=O)C45CCC(CO4)C5)C(=O)N4CCCCN4)c3)ccc21. The van der Waals surface area contributed by atoms with Gasteiger partial charge in [-0.3, -0.25) is 29.2 Å². The first-order chi connectivity index (χ1) is 31.0. The first kappa shape index (κ1) is 47.9. The molecule has 1 saturated carbocycles. The van der Waals surface area contributed by atoms with Gasteiger partial charge in [0, 0.05) is 68.3 Å². The van der Waals surface area contributed by atoms with Crippen molar-refractivity contribution in [1.29, 1.82) is 0 Å². The summed E-state index contributed by atoms with van der Waals surface area (Å²) in [7, 11) is 3.65. The summed E-state index contributed by atoms with van der Waals surface area (Å²) in [6.07, 6.45) is 6.19. The molecule has 3 N–H and O–H groups in total. The van der Waals surface area contributed by atoms with Gasteiger partial charge >= 0.3 is 0 Å². The predicted molar refractivity (Wildman–Crippen MR) is 254 cm³/mol. The second-order valence-electron chi connectivity index (χ2n) is 19.5. The van der Waals surface area contributed by atoms with Gasteiger partial charge in [0.1, 0.15) is 33.7 Å². The summed E-state index contributed by atoms with van der Waals surface area (Å²) < 4.78 is 19.8. The number of aromatic hydroxyl groups is 1. The number of phenols is 1. The number of carbonyl (C=O) groups is 4. The molecule has 2 unspecified atom stereocenters. The molecule has 3 fully saturated rings. The zero-order valence-corrected chi connectivity index (χ0v) is 41.7. The summed E-state index contributed by atoms with van der Waals surface area (Å²) in [5, 5.41) is 17.0. The number of nitrogens with one attached hydrogen (secondary N) is 2. The third-order valence-electron chi connectivity index (χ3n) is 13.6. The van der Waals surface area contributed by atoms with Gasteiger partial charge in [-0.2, -0.15) is 0 Å². The minimum absolute atomic E-state index is 0.0222. The summed E-state index contributed by atoms with van der Waals surface area (Å²) in [5.41, 5.74) is 8.84. The lowest BCUT2D eigenvalue weighted by atomic mass is 9.84. The van der Waals surface area contributed by atoms with Crippen LogP contribution < -0.4 is 10.7 Å². The van der Waals surface area contributed by atoms with E-state index in [2.05, 4.69) is 54.3 Å². The van der Waals surface area contributed by atoms with Gasteiger partial charge in [-0.25, -0.2) is 5.43 Å². The molecule has 350 valence electrons. The molecule has 14 nitrogen and oxygen atoms in total. The monoisotopic (exact) mass is 908 g/mol. The van der Waals surface area contributed by atoms with E-state index in [4.69, 9.17) is 19.2 Å². The molecule has 4 aromatic rings. The van der Waals surface area contributed by atoms with Crippen LogP contribution in [0.5, 0.6) is 5.75 Å². The topological polar surface area (TPSA) is 165 Å². The lowest BCUT2D eigenvalue weighted by Crippen LogP contribution is -2.61. The highest BCUT2D eigenvalue weighted by Crippen LogP contribution is 2.46. The molecule has 7 rings (SSSR count). The molecule has 5 atom stereocenters. The third-order valence-corrected chi connectivity index (χ3v) is 13.9. The van der Waals surface area contributed by atoms with Crippen molar-refractivity contribution in [3.05, 3.63) is 71.5 Å². The van der Waals surface area contributed by atoms with Crippen LogP contribution in [0.15, 0.2) is 54.7 Å². The summed E-state index contributed by atoms with van der Waals surface area (Å²) >= 11 is 0. The first-order valence-electron chi connectivity index (χ1n) is 23.3. The molecule has 2 aromatic heterocycles. The van der Waals surface area contributed by atoms with Crippen molar-refractivity contribution in [2.45, 2.75) is 117 Å². The highest BCUT2D eigenvalue weighted by molar-refractivity contribution is 6.55. The number of rotatable bonds is 17. The minimum Gasteiger partial charge on any atom is -0.508 e. The van der Waals surface area contributed by atoms with E-state index in [1.54, 1.807) is 37.5 Å². The van der Waals surface area contributed by atoms with E-state index < -0.39 is 29.0 Å². The Balaban J connectivity index is 1.26. The fourth-order valence-corrected chi connectivity index (χ4v) is 10.4. The molecule has 65 heavy (non-hydrogen) atoms. The van der Waals surface area contributed by atoms with Crippen LogP contribution >= 0.6 is 0 Å². The maximum atomic E-state index is 14.4.